The molecule has 0 spiro atoms. The van der Waals surface area contributed by atoms with Crippen molar-refractivity contribution in [1.82, 2.24) is 35.3 Å². The highest BCUT2D eigenvalue weighted by Crippen LogP contribution is 2.18. The summed E-state index contributed by atoms with van der Waals surface area (Å²) in [7, 11) is 3.74. The number of carbonyl (C=O) groups is 1. The Morgan fingerprint density at radius 3 is 2.92 bits per heavy atom. The van der Waals surface area contributed by atoms with E-state index in [0.717, 1.165) is 5.56 Å². The van der Waals surface area contributed by atoms with Crippen molar-refractivity contribution in [3.05, 3.63) is 42.5 Å². The van der Waals surface area contributed by atoms with Crippen LogP contribution in [0.1, 0.15) is 17.3 Å². The average Bonchev–Trinajstić information content (AvgIpc) is 3.26. The molecule has 130 valence electrons. The number of anilines is 1. The number of nitrogens with zero attached hydrogens (tertiary/aromatic N) is 6. The molecule has 2 aromatic heterocycles. The summed E-state index contributed by atoms with van der Waals surface area (Å²) in [6, 6.07) is 7.19. The Labute approximate surface area is 145 Å². The molecular formula is C16H20N8O. The summed E-state index contributed by atoms with van der Waals surface area (Å²) >= 11 is 0. The summed E-state index contributed by atoms with van der Waals surface area (Å²) in [5.41, 5.74) is 1.36. The van der Waals surface area contributed by atoms with Gasteiger partial charge < -0.3 is 10.2 Å². The molecule has 0 fully saturated rings. The normalized spacial score (nSPS) is 12.0. The fourth-order valence-corrected chi connectivity index (χ4v) is 2.35. The molecule has 25 heavy (non-hydrogen) atoms. The Morgan fingerprint density at radius 1 is 1.40 bits per heavy atom. The van der Waals surface area contributed by atoms with Gasteiger partial charge in [0.05, 0.1) is 6.54 Å². The van der Waals surface area contributed by atoms with Crippen molar-refractivity contribution in [3.63, 3.8) is 0 Å². The van der Waals surface area contributed by atoms with Crippen LogP contribution in [0, 0.1) is 0 Å². The molecule has 2 heterocycles. The van der Waals surface area contributed by atoms with Crippen molar-refractivity contribution < 1.29 is 4.79 Å². The van der Waals surface area contributed by atoms with Gasteiger partial charge in [0, 0.05) is 31.3 Å². The number of aromatic amines is 1. The number of hydrogen-bond acceptors (Lipinski definition) is 6. The third kappa shape index (κ3) is 4.00. The molecule has 1 aromatic carbocycles. The van der Waals surface area contributed by atoms with Gasteiger partial charge in [-0.15, -0.1) is 5.10 Å². The first-order chi connectivity index (χ1) is 12.0. The minimum atomic E-state index is -0.151. The SMILES string of the molecule is C[C@H](Cn1cncn1)NC(=O)c1cccc(-c2nc(N(C)C)n[nH]2)c1. The lowest BCUT2D eigenvalue weighted by atomic mass is 10.1. The highest BCUT2D eigenvalue weighted by atomic mass is 16.1. The molecule has 3 aromatic rings. The first-order valence-electron chi connectivity index (χ1n) is 7.86. The summed E-state index contributed by atoms with van der Waals surface area (Å²) in [5, 5.41) is 14.0. The molecule has 0 aliphatic carbocycles. The summed E-state index contributed by atoms with van der Waals surface area (Å²) < 4.78 is 1.68. The molecule has 9 nitrogen and oxygen atoms in total. The monoisotopic (exact) mass is 340 g/mol. The van der Waals surface area contributed by atoms with Gasteiger partial charge in [-0.2, -0.15) is 10.1 Å². The summed E-state index contributed by atoms with van der Waals surface area (Å²) in [4.78, 5) is 22.6. The van der Waals surface area contributed by atoms with Gasteiger partial charge >= 0.3 is 0 Å². The Bertz CT molecular complexity index is 839. The number of nitrogens with one attached hydrogen (secondary N) is 2. The predicted molar refractivity (Wildman–Crippen MR) is 93.1 cm³/mol. The highest BCUT2D eigenvalue weighted by Gasteiger charge is 2.13. The van der Waals surface area contributed by atoms with Crippen molar-refractivity contribution in [2.24, 2.45) is 0 Å². The Hall–Kier alpha value is -3.23. The quantitative estimate of drug-likeness (QED) is 0.692. The number of rotatable bonds is 6. The average molecular weight is 340 g/mol. The third-order valence-corrected chi connectivity index (χ3v) is 3.58. The Morgan fingerprint density at radius 2 is 2.24 bits per heavy atom. The van der Waals surface area contributed by atoms with Gasteiger partial charge in [-0.1, -0.05) is 12.1 Å². The molecule has 0 aliphatic heterocycles. The van der Waals surface area contributed by atoms with Crippen LogP contribution in [0.4, 0.5) is 5.95 Å². The number of carbonyl (C=O) groups excluding carboxylic acids is 1. The summed E-state index contributed by atoms with van der Waals surface area (Å²) in [6.45, 7) is 2.48. The number of H-pyrrole nitrogens is 1. The van der Waals surface area contributed by atoms with Crippen molar-refractivity contribution >= 4 is 11.9 Å². The van der Waals surface area contributed by atoms with Crippen LogP contribution in [0.5, 0.6) is 0 Å². The van der Waals surface area contributed by atoms with E-state index < -0.39 is 0 Å². The maximum Gasteiger partial charge on any atom is 0.251 e. The minimum absolute atomic E-state index is 0.0801. The lowest BCUT2D eigenvalue weighted by molar-refractivity contribution is 0.0936. The van der Waals surface area contributed by atoms with Crippen molar-refractivity contribution in [1.29, 1.82) is 0 Å². The zero-order valence-electron chi connectivity index (χ0n) is 14.3. The zero-order chi connectivity index (χ0) is 17.8. The molecule has 0 saturated carbocycles. The first kappa shape index (κ1) is 16.6. The van der Waals surface area contributed by atoms with Gasteiger partial charge in [-0.05, 0) is 19.1 Å². The Balaban J connectivity index is 1.70. The van der Waals surface area contributed by atoms with E-state index in [9.17, 15) is 4.79 Å². The second kappa shape index (κ2) is 7.12. The summed E-state index contributed by atoms with van der Waals surface area (Å²) in [5.74, 6) is 1.06. The van der Waals surface area contributed by atoms with Crippen LogP contribution in [-0.2, 0) is 6.54 Å². The molecule has 3 rings (SSSR count). The fourth-order valence-electron chi connectivity index (χ4n) is 2.35. The smallest absolute Gasteiger partial charge is 0.251 e. The fraction of sp³-hybridized carbons (Fsp3) is 0.312. The van der Waals surface area contributed by atoms with Crippen LogP contribution >= 0.6 is 0 Å². The van der Waals surface area contributed by atoms with E-state index in [4.69, 9.17) is 0 Å². The van der Waals surface area contributed by atoms with Crippen molar-refractivity contribution in [2.75, 3.05) is 19.0 Å². The van der Waals surface area contributed by atoms with Gasteiger partial charge in [0.1, 0.15) is 12.7 Å². The molecule has 0 bridgehead atoms. The van der Waals surface area contributed by atoms with Gasteiger partial charge in [0.25, 0.3) is 5.91 Å². The standard InChI is InChI=1S/C16H20N8O/c1-11(8-24-10-17-9-18-24)19-15(25)13-6-4-5-12(7-13)14-20-16(22-21-14)23(2)3/h4-7,9-11H,8H2,1-3H3,(H,19,25)(H,20,21,22)/t11-/m1/s1. The minimum Gasteiger partial charge on any atom is -0.348 e. The van der Waals surface area contributed by atoms with Crippen LogP contribution in [-0.4, -0.2) is 56.0 Å². The molecule has 0 unspecified atom stereocenters. The van der Waals surface area contributed by atoms with Crippen LogP contribution in [0.3, 0.4) is 0 Å². The zero-order valence-corrected chi connectivity index (χ0v) is 14.3. The van der Waals surface area contributed by atoms with Crippen LogP contribution in [0.2, 0.25) is 0 Å². The number of amides is 1. The van der Waals surface area contributed by atoms with E-state index in [-0.39, 0.29) is 11.9 Å². The molecule has 1 atom stereocenters. The van der Waals surface area contributed by atoms with Gasteiger partial charge in [0.2, 0.25) is 5.95 Å². The van der Waals surface area contributed by atoms with Crippen LogP contribution < -0.4 is 10.2 Å². The Kier molecular flexibility index (Phi) is 4.73. The lowest BCUT2D eigenvalue weighted by Gasteiger charge is -2.14. The third-order valence-electron chi connectivity index (χ3n) is 3.58. The number of aromatic nitrogens is 6. The molecule has 0 aliphatic rings. The van der Waals surface area contributed by atoms with E-state index in [2.05, 4.69) is 30.6 Å². The second-order valence-corrected chi connectivity index (χ2v) is 5.95. The molecule has 1 amide bonds. The molecular weight excluding hydrogens is 320 g/mol. The van der Waals surface area contributed by atoms with Crippen molar-refractivity contribution in [3.8, 4) is 11.4 Å². The number of benzene rings is 1. The van der Waals surface area contributed by atoms with Crippen LogP contribution in [0.15, 0.2) is 36.9 Å². The van der Waals surface area contributed by atoms with E-state index in [1.54, 1.807) is 23.1 Å². The predicted octanol–water partition coefficient (Wildman–Crippen LogP) is 0.948. The molecule has 0 saturated heterocycles. The first-order valence-corrected chi connectivity index (χ1v) is 7.86. The summed E-state index contributed by atoms with van der Waals surface area (Å²) in [6.07, 6.45) is 3.09. The van der Waals surface area contributed by atoms with Crippen molar-refractivity contribution in [2.45, 2.75) is 19.5 Å². The van der Waals surface area contributed by atoms with E-state index >= 15 is 0 Å². The maximum absolute atomic E-state index is 12.5. The number of hydrogen-bond donors (Lipinski definition) is 2. The topological polar surface area (TPSA) is 105 Å². The largest absolute Gasteiger partial charge is 0.348 e. The van der Waals surface area contributed by atoms with Crippen LogP contribution in [0.25, 0.3) is 11.4 Å². The highest BCUT2D eigenvalue weighted by molar-refractivity contribution is 5.95. The molecule has 0 radical (unpaired) electrons. The van der Waals surface area contributed by atoms with E-state index in [1.165, 1.54) is 6.33 Å². The molecule has 9 heteroatoms. The van der Waals surface area contributed by atoms with Gasteiger partial charge in [-0.3, -0.25) is 14.6 Å². The lowest BCUT2D eigenvalue weighted by Crippen LogP contribution is -2.35. The van der Waals surface area contributed by atoms with E-state index in [0.29, 0.717) is 23.9 Å². The van der Waals surface area contributed by atoms with Gasteiger partial charge in [0.15, 0.2) is 5.82 Å². The second-order valence-electron chi connectivity index (χ2n) is 5.95. The maximum atomic E-state index is 12.5. The van der Waals surface area contributed by atoms with Gasteiger partial charge in [-0.25, -0.2) is 4.98 Å². The molecule has 2 N–H and O–H groups in total. The van der Waals surface area contributed by atoms with E-state index in [1.807, 2.05) is 38.1 Å².